The fraction of sp³-hybridized carbons (Fsp3) is 0.533. The highest BCUT2D eigenvalue weighted by atomic mass is 32.2. The fourth-order valence-electron chi connectivity index (χ4n) is 2.32. The minimum atomic E-state index is -0.927. The molecule has 2 rings (SSSR count). The zero-order valence-corrected chi connectivity index (χ0v) is 12.5. The van der Waals surface area contributed by atoms with Gasteiger partial charge in [0.15, 0.2) is 0 Å². The molecule has 1 saturated heterocycles. The van der Waals surface area contributed by atoms with E-state index in [0.717, 1.165) is 31.4 Å². The monoisotopic (exact) mass is 294 g/mol. The van der Waals surface area contributed by atoms with Gasteiger partial charge < -0.3 is 10.6 Å². The van der Waals surface area contributed by atoms with E-state index < -0.39 is 10.8 Å². The third-order valence-electron chi connectivity index (χ3n) is 3.43. The van der Waals surface area contributed by atoms with Gasteiger partial charge in [0, 0.05) is 28.9 Å². The van der Waals surface area contributed by atoms with E-state index in [-0.39, 0.29) is 11.9 Å². The third kappa shape index (κ3) is 5.06. The lowest BCUT2D eigenvalue weighted by atomic mass is 10.0. The highest BCUT2D eigenvalue weighted by Gasteiger charge is 2.19. The molecule has 20 heavy (non-hydrogen) atoms. The lowest BCUT2D eigenvalue weighted by Gasteiger charge is -2.22. The largest absolute Gasteiger partial charge is 0.354 e. The molecule has 0 radical (unpaired) electrons. The first kappa shape index (κ1) is 15.2. The molecule has 1 aromatic rings. The molecular formula is C15H22N2O2S. The van der Waals surface area contributed by atoms with E-state index >= 15 is 0 Å². The molecule has 110 valence electrons. The van der Waals surface area contributed by atoms with Crippen LogP contribution in [-0.2, 0) is 21.3 Å². The number of carbonyl (C=O) groups is 1. The van der Waals surface area contributed by atoms with Crippen LogP contribution in [0.4, 0.5) is 0 Å². The molecule has 1 aromatic carbocycles. The molecule has 1 aliphatic rings. The summed E-state index contributed by atoms with van der Waals surface area (Å²) < 4.78 is 11.9. The van der Waals surface area contributed by atoms with Gasteiger partial charge in [-0.15, -0.1) is 0 Å². The average Bonchev–Trinajstić information content (AvgIpc) is 2.49. The molecule has 1 heterocycles. The van der Waals surface area contributed by atoms with Crippen LogP contribution in [0.1, 0.15) is 24.8 Å². The lowest BCUT2D eigenvalue weighted by molar-refractivity contribution is -0.123. The van der Waals surface area contributed by atoms with Crippen LogP contribution in [-0.4, -0.2) is 35.0 Å². The summed E-state index contributed by atoms with van der Waals surface area (Å²) in [4.78, 5) is 11.9. The summed E-state index contributed by atoms with van der Waals surface area (Å²) in [5.74, 6) is 1.10. The molecule has 2 N–H and O–H groups in total. The number of hydrogen-bond acceptors (Lipinski definition) is 3. The summed E-state index contributed by atoms with van der Waals surface area (Å²) in [6, 6.07) is 9.73. The predicted octanol–water partition coefficient (Wildman–Crippen LogP) is 1.19. The SMILES string of the molecule is O=C(NCCS(=O)Cc1ccccc1)C1CCCCN1. The standard InChI is InChI=1S/C15H22N2O2S/c18-15(14-8-4-5-9-16-14)17-10-11-20(19)12-13-6-2-1-3-7-13/h1-3,6-7,14,16H,4-5,8-12H2,(H,17,18). The zero-order valence-electron chi connectivity index (χ0n) is 11.6. The van der Waals surface area contributed by atoms with Crippen LogP contribution < -0.4 is 10.6 Å². The Labute approximate surface area is 122 Å². The van der Waals surface area contributed by atoms with Crippen molar-refractivity contribution in [3.05, 3.63) is 35.9 Å². The van der Waals surface area contributed by atoms with E-state index in [1.807, 2.05) is 30.3 Å². The van der Waals surface area contributed by atoms with E-state index in [1.54, 1.807) is 0 Å². The third-order valence-corrected chi connectivity index (χ3v) is 4.74. The van der Waals surface area contributed by atoms with Gasteiger partial charge in [0.05, 0.1) is 6.04 Å². The van der Waals surface area contributed by atoms with Crippen molar-refractivity contribution in [1.29, 1.82) is 0 Å². The second kappa shape index (κ2) is 8.17. The summed E-state index contributed by atoms with van der Waals surface area (Å²) in [6.45, 7) is 1.40. The first-order valence-electron chi connectivity index (χ1n) is 7.16. The highest BCUT2D eigenvalue weighted by molar-refractivity contribution is 7.84. The number of rotatable bonds is 6. The van der Waals surface area contributed by atoms with Crippen molar-refractivity contribution < 1.29 is 9.00 Å². The number of carbonyl (C=O) groups excluding carboxylic acids is 1. The summed E-state index contributed by atoms with van der Waals surface area (Å²) in [5.41, 5.74) is 1.08. The maximum absolute atomic E-state index is 11.9. The van der Waals surface area contributed by atoms with Gasteiger partial charge in [-0.3, -0.25) is 9.00 Å². The van der Waals surface area contributed by atoms with Crippen molar-refractivity contribution in [2.75, 3.05) is 18.8 Å². The Bertz CT molecular complexity index is 444. The van der Waals surface area contributed by atoms with Gasteiger partial charge in [-0.2, -0.15) is 0 Å². The summed E-state index contributed by atoms with van der Waals surface area (Å²) in [7, 11) is -0.927. The van der Waals surface area contributed by atoms with Crippen molar-refractivity contribution >= 4 is 16.7 Å². The van der Waals surface area contributed by atoms with Gasteiger partial charge in [0.2, 0.25) is 5.91 Å². The van der Waals surface area contributed by atoms with Crippen molar-refractivity contribution in [1.82, 2.24) is 10.6 Å². The van der Waals surface area contributed by atoms with Crippen molar-refractivity contribution in [3.63, 3.8) is 0 Å². The Kier molecular flexibility index (Phi) is 6.21. The van der Waals surface area contributed by atoms with Crippen LogP contribution in [0.25, 0.3) is 0 Å². The normalized spacial score (nSPS) is 20.3. The molecule has 4 nitrogen and oxygen atoms in total. The van der Waals surface area contributed by atoms with Crippen LogP contribution in [0, 0.1) is 0 Å². The van der Waals surface area contributed by atoms with Crippen molar-refractivity contribution in [3.8, 4) is 0 Å². The molecule has 2 atom stereocenters. The Morgan fingerprint density at radius 3 is 2.80 bits per heavy atom. The Balaban J connectivity index is 1.65. The van der Waals surface area contributed by atoms with Crippen LogP contribution in [0.5, 0.6) is 0 Å². The summed E-state index contributed by atoms with van der Waals surface area (Å²) in [6.07, 6.45) is 3.15. The zero-order chi connectivity index (χ0) is 14.2. The van der Waals surface area contributed by atoms with Crippen LogP contribution in [0.15, 0.2) is 30.3 Å². The molecule has 0 spiro atoms. The molecule has 1 amide bonds. The van der Waals surface area contributed by atoms with Crippen LogP contribution in [0.2, 0.25) is 0 Å². The first-order valence-corrected chi connectivity index (χ1v) is 8.64. The second-order valence-corrected chi connectivity index (χ2v) is 6.64. The van der Waals surface area contributed by atoms with Crippen molar-refractivity contribution in [2.24, 2.45) is 0 Å². The van der Waals surface area contributed by atoms with E-state index in [9.17, 15) is 9.00 Å². The highest BCUT2D eigenvalue weighted by Crippen LogP contribution is 2.06. The molecular weight excluding hydrogens is 272 g/mol. The topological polar surface area (TPSA) is 58.2 Å². The summed E-state index contributed by atoms with van der Waals surface area (Å²) >= 11 is 0. The first-order chi connectivity index (χ1) is 9.75. The van der Waals surface area contributed by atoms with Gasteiger partial charge in [0.25, 0.3) is 0 Å². The number of amides is 1. The predicted molar refractivity (Wildman–Crippen MR) is 81.8 cm³/mol. The Morgan fingerprint density at radius 1 is 1.30 bits per heavy atom. The van der Waals surface area contributed by atoms with Gasteiger partial charge >= 0.3 is 0 Å². The minimum Gasteiger partial charge on any atom is -0.354 e. The second-order valence-electron chi connectivity index (χ2n) is 5.07. The maximum atomic E-state index is 11.9. The van der Waals surface area contributed by atoms with E-state index in [2.05, 4.69) is 10.6 Å². The molecule has 0 saturated carbocycles. The molecule has 5 heteroatoms. The number of hydrogen-bond donors (Lipinski definition) is 2. The van der Waals surface area contributed by atoms with Crippen molar-refractivity contribution in [2.45, 2.75) is 31.1 Å². The maximum Gasteiger partial charge on any atom is 0.237 e. The lowest BCUT2D eigenvalue weighted by Crippen LogP contribution is -2.47. The van der Waals surface area contributed by atoms with Gasteiger partial charge in [-0.05, 0) is 24.9 Å². The number of piperidine rings is 1. The fourth-order valence-corrected chi connectivity index (χ4v) is 3.36. The molecule has 1 aliphatic heterocycles. The van der Waals surface area contributed by atoms with E-state index in [0.29, 0.717) is 18.1 Å². The smallest absolute Gasteiger partial charge is 0.237 e. The Hall–Kier alpha value is -1.20. The van der Waals surface area contributed by atoms with Gasteiger partial charge in [-0.25, -0.2) is 0 Å². The number of benzene rings is 1. The van der Waals surface area contributed by atoms with Gasteiger partial charge in [0.1, 0.15) is 0 Å². The van der Waals surface area contributed by atoms with E-state index in [4.69, 9.17) is 0 Å². The minimum absolute atomic E-state index is 0.0430. The molecule has 1 fully saturated rings. The molecule has 0 bridgehead atoms. The quantitative estimate of drug-likeness (QED) is 0.829. The average molecular weight is 294 g/mol. The van der Waals surface area contributed by atoms with Crippen LogP contribution >= 0.6 is 0 Å². The van der Waals surface area contributed by atoms with Gasteiger partial charge in [-0.1, -0.05) is 36.8 Å². The van der Waals surface area contributed by atoms with E-state index in [1.165, 1.54) is 0 Å². The van der Waals surface area contributed by atoms with Crippen LogP contribution in [0.3, 0.4) is 0 Å². The summed E-state index contributed by atoms with van der Waals surface area (Å²) in [5, 5.41) is 6.08. The molecule has 0 aliphatic carbocycles. The molecule has 0 aromatic heterocycles. The Morgan fingerprint density at radius 2 is 2.10 bits per heavy atom. The molecule has 2 unspecified atom stereocenters. The number of nitrogens with one attached hydrogen (secondary N) is 2.